The molecule has 6 heteroatoms. The number of para-hydroxylation sites is 1. The number of benzene rings is 2. The predicted molar refractivity (Wildman–Crippen MR) is 91.2 cm³/mol. The Hall–Kier alpha value is -2.42. The smallest absolute Gasteiger partial charge is 0.282 e. The lowest BCUT2D eigenvalue weighted by atomic mass is 10.1. The van der Waals surface area contributed by atoms with Gasteiger partial charge in [-0.1, -0.05) is 29.8 Å². The molecule has 2 aromatic carbocycles. The summed E-state index contributed by atoms with van der Waals surface area (Å²) in [7, 11) is 1.79. The average molecular weight is 347 g/mol. The number of halogens is 2. The molecule has 0 aliphatic heterocycles. The average Bonchev–Trinajstić information content (AvgIpc) is 2.57. The van der Waals surface area contributed by atoms with E-state index in [1.807, 2.05) is 6.07 Å². The molecular formula is C18H18ClFN3O+. The minimum absolute atomic E-state index is 0.248. The van der Waals surface area contributed by atoms with E-state index in [4.69, 9.17) is 16.9 Å². The van der Waals surface area contributed by atoms with Gasteiger partial charge in [-0.15, -0.1) is 0 Å². The van der Waals surface area contributed by atoms with Gasteiger partial charge in [-0.3, -0.25) is 4.79 Å². The monoisotopic (exact) mass is 346 g/mol. The highest BCUT2D eigenvalue weighted by molar-refractivity contribution is 6.31. The van der Waals surface area contributed by atoms with Gasteiger partial charge in [0.25, 0.3) is 5.91 Å². The van der Waals surface area contributed by atoms with Crippen molar-refractivity contribution in [2.45, 2.75) is 19.5 Å². The molecule has 0 aliphatic rings. The third kappa shape index (κ3) is 4.10. The molecule has 0 heterocycles. The maximum absolute atomic E-state index is 13.9. The Morgan fingerprint density at radius 3 is 2.71 bits per heavy atom. The van der Waals surface area contributed by atoms with Crippen molar-refractivity contribution < 1.29 is 14.1 Å². The molecule has 0 saturated carbocycles. The number of nitrogens with one attached hydrogen (secondary N) is 2. The molecule has 4 nitrogen and oxygen atoms in total. The Morgan fingerprint density at radius 2 is 2.04 bits per heavy atom. The van der Waals surface area contributed by atoms with Gasteiger partial charge in [0.05, 0.1) is 28.9 Å². The minimum Gasteiger partial charge on any atom is -0.323 e. The Balaban J connectivity index is 2.09. The molecule has 1 unspecified atom stereocenters. The zero-order valence-corrected chi connectivity index (χ0v) is 14.2. The number of carbonyl (C=O) groups is 1. The third-order valence-electron chi connectivity index (χ3n) is 3.96. The summed E-state index contributed by atoms with van der Waals surface area (Å²) in [4.78, 5) is 13.2. The first-order valence-corrected chi connectivity index (χ1v) is 7.87. The van der Waals surface area contributed by atoms with Crippen LogP contribution in [0.1, 0.15) is 18.1 Å². The fourth-order valence-corrected chi connectivity index (χ4v) is 2.52. The molecule has 0 fully saturated rings. The summed E-state index contributed by atoms with van der Waals surface area (Å²) < 4.78 is 13.9. The minimum atomic E-state index is -0.451. The van der Waals surface area contributed by atoms with E-state index < -0.39 is 6.04 Å². The van der Waals surface area contributed by atoms with Crippen LogP contribution in [0.5, 0.6) is 0 Å². The number of amides is 1. The SMILES string of the molecule is C[C@@H](C(=O)Nc1ccccc1C#N)[NH+](C)Cc1c(F)cccc1Cl. The van der Waals surface area contributed by atoms with Crippen LogP contribution in [0.25, 0.3) is 0 Å². The van der Waals surface area contributed by atoms with E-state index in [1.54, 1.807) is 50.4 Å². The fourth-order valence-electron chi connectivity index (χ4n) is 2.29. The van der Waals surface area contributed by atoms with Crippen molar-refractivity contribution in [1.82, 2.24) is 0 Å². The summed E-state index contributed by atoms with van der Waals surface area (Å²) in [5.41, 5.74) is 1.25. The van der Waals surface area contributed by atoms with Crippen LogP contribution in [-0.4, -0.2) is 19.0 Å². The maximum Gasteiger partial charge on any atom is 0.282 e. The van der Waals surface area contributed by atoms with E-state index in [-0.39, 0.29) is 18.3 Å². The number of likely N-dealkylation sites (N-methyl/N-ethyl adjacent to an activating group) is 1. The number of nitrogens with zero attached hydrogens (tertiary/aromatic N) is 1. The maximum atomic E-state index is 13.9. The second kappa shape index (κ2) is 7.91. The van der Waals surface area contributed by atoms with Gasteiger partial charge in [-0.05, 0) is 31.2 Å². The quantitative estimate of drug-likeness (QED) is 0.873. The lowest BCUT2D eigenvalue weighted by molar-refractivity contribution is -0.908. The largest absolute Gasteiger partial charge is 0.323 e. The van der Waals surface area contributed by atoms with E-state index in [0.29, 0.717) is 21.8 Å². The summed E-state index contributed by atoms with van der Waals surface area (Å²) >= 11 is 6.04. The molecule has 0 radical (unpaired) electrons. The summed E-state index contributed by atoms with van der Waals surface area (Å²) in [6, 6.07) is 12.9. The molecule has 0 bridgehead atoms. The molecule has 0 spiro atoms. The van der Waals surface area contributed by atoms with E-state index in [9.17, 15) is 9.18 Å². The van der Waals surface area contributed by atoms with Gasteiger partial charge in [-0.25, -0.2) is 4.39 Å². The molecule has 0 aromatic heterocycles. The van der Waals surface area contributed by atoms with Crippen molar-refractivity contribution in [3.05, 3.63) is 64.4 Å². The molecule has 0 aliphatic carbocycles. The van der Waals surface area contributed by atoms with Crippen LogP contribution >= 0.6 is 11.6 Å². The van der Waals surface area contributed by atoms with Crippen molar-refractivity contribution >= 4 is 23.2 Å². The van der Waals surface area contributed by atoms with E-state index >= 15 is 0 Å². The Labute approximate surface area is 145 Å². The van der Waals surface area contributed by atoms with Crippen molar-refractivity contribution in [2.24, 2.45) is 0 Å². The topological polar surface area (TPSA) is 57.3 Å². The van der Waals surface area contributed by atoms with Gasteiger partial charge in [0.1, 0.15) is 18.4 Å². The number of hydrogen-bond donors (Lipinski definition) is 2. The van der Waals surface area contributed by atoms with Crippen LogP contribution in [0.2, 0.25) is 5.02 Å². The van der Waals surface area contributed by atoms with Crippen LogP contribution in [0.4, 0.5) is 10.1 Å². The summed E-state index contributed by atoms with van der Waals surface area (Å²) in [6.07, 6.45) is 0. The predicted octanol–water partition coefficient (Wildman–Crippen LogP) is 2.39. The molecular weight excluding hydrogens is 329 g/mol. The van der Waals surface area contributed by atoms with Gasteiger partial charge < -0.3 is 10.2 Å². The van der Waals surface area contributed by atoms with Gasteiger partial charge >= 0.3 is 0 Å². The van der Waals surface area contributed by atoms with Crippen LogP contribution in [-0.2, 0) is 11.3 Å². The van der Waals surface area contributed by atoms with Crippen LogP contribution in [0.3, 0.4) is 0 Å². The van der Waals surface area contributed by atoms with Gasteiger partial charge in [0.2, 0.25) is 0 Å². The van der Waals surface area contributed by atoms with E-state index in [1.165, 1.54) is 6.07 Å². The van der Waals surface area contributed by atoms with E-state index in [2.05, 4.69) is 5.32 Å². The Morgan fingerprint density at radius 1 is 1.33 bits per heavy atom. The lowest BCUT2D eigenvalue weighted by Crippen LogP contribution is -3.12. The third-order valence-corrected chi connectivity index (χ3v) is 4.31. The molecule has 2 aromatic rings. The number of rotatable bonds is 5. The highest BCUT2D eigenvalue weighted by Gasteiger charge is 2.24. The van der Waals surface area contributed by atoms with E-state index in [0.717, 1.165) is 4.90 Å². The van der Waals surface area contributed by atoms with Crippen LogP contribution in [0, 0.1) is 17.1 Å². The second-order valence-electron chi connectivity index (χ2n) is 5.59. The first-order chi connectivity index (χ1) is 11.4. The zero-order valence-electron chi connectivity index (χ0n) is 13.4. The van der Waals surface area contributed by atoms with Gasteiger partial charge in [0, 0.05) is 0 Å². The van der Waals surface area contributed by atoms with Gasteiger partial charge in [-0.2, -0.15) is 5.26 Å². The highest BCUT2D eigenvalue weighted by atomic mass is 35.5. The van der Waals surface area contributed by atoms with Crippen molar-refractivity contribution in [3.63, 3.8) is 0 Å². The number of anilines is 1. The normalized spacial score (nSPS) is 13.0. The molecule has 24 heavy (non-hydrogen) atoms. The highest BCUT2D eigenvalue weighted by Crippen LogP contribution is 2.18. The first kappa shape index (κ1) is 17.9. The summed E-state index contributed by atoms with van der Waals surface area (Å²) in [5, 5.41) is 12.2. The number of hydrogen-bond acceptors (Lipinski definition) is 2. The second-order valence-corrected chi connectivity index (χ2v) is 6.00. The molecule has 1 amide bonds. The first-order valence-electron chi connectivity index (χ1n) is 7.49. The number of quaternary nitrogens is 1. The standard InChI is InChI=1S/C18H17ClFN3O/c1-12(18(24)22-17-9-4-3-6-13(17)10-21)23(2)11-14-15(19)7-5-8-16(14)20/h3-9,12H,11H2,1-2H3,(H,22,24)/p+1/t12-/m0/s1. The molecule has 124 valence electrons. The van der Waals surface area contributed by atoms with Crippen molar-refractivity contribution in [1.29, 1.82) is 5.26 Å². The number of nitriles is 1. The molecule has 2 atom stereocenters. The van der Waals surface area contributed by atoms with Crippen molar-refractivity contribution in [2.75, 3.05) is 12.4 Å². The summed E-state index contributed by atoms with van der Waals surface area (Å²) in [6.45, 7) is 2.02. The molecule has 0 saturated heterocycles. The fraction of sp³-hybridized carbons (Fsp3) is 0.222. The molecule has 2 N–H and O–H groups in total. The lowest BCUT2D eigenvalue weighted by Gasteiger charge is -2.22. The van der Waals surface area contributed by atoms with Gasteiger partial charge in [0.15, 0.2) is 6.04 Å². The Bertz CT molecular complexity index is 768. The summed E-state index contributed by atoms with van der Waals surface area (Å²) in [5.74, 6) is -0.632. The van der Waals surface area contributed by atoms with Crippen molar-refractivity contribution in [3.8, 4) is 6.07 Å². The zero-order chi connectivity index (χ0) is 17.7. The van der Waals surface area contributed by atoms with Crippen LogP contribution in [0.15, 0.2) is 42.5 Å². The van der Waals surface area contributed by atoms with Crippen LogP contribution < -0.4 is 10.2 Å². The molecule has 2 rings (SSSR count). The number of carbonyl (C=O) groups excluding carboxylic acids is 1. The Kier molecular flexibility index (Phi) is 5.91.